The van der Waals surface area contributed by atoms with Crippen molar-refractivity contribution >= 4 is 11.6 Å². The molecule has 0 atom stereocenters. The van der Waals surface area contributed by atoms with E-state index in [9.17, 15) is 5.26 Å². The number of aliphatic imine (C=N–C) groups is 1. The third-order valence-corrected chi connectivity index (χ3v) is 2.13. The lowest BCUT2D eigenvalue weighted by molar-refractivity contribution is 0.281. The average Bonchev–Trinajstić information content (AvgIpc) is 2.39. The summed E-state index contributed by atoms with van der Waals surface area (Å²) in [4.78, 5) is 8.75. The lowest BCUT2D eigenvalue weighted by Gasteiger charge is -2.32. The molecule has 1 heterocycles. The minimum absolute atomic E-state index is 0.222. The largest absolute Gasteiger partial charge is 0.369 e. The van der Waals surface area contributed by atoms with Crippen LogP contribution >= 0.6 is 0 Å². The highest BCUT2D eigenvalue weighted by Crippen LogP contribution is 2.18. The maximum absolute atomic E-state index is 9.27. The molecule has 1 rings (SSSR count). The lowest BCUT2D eigenvalue weighted by atomic mass is 10.0. The van der Waals surface area contributed by atoms with Crippen molar-refractivity contribution in [3.05, 3.63) is 24.5 Å². The minimum atomic E-state index is -2.29. The Kier molecular flexibility index (Phi) is 2.52. The summed E-state index contributed by atoms with van der Waals surface area (Å²) in [5.74, 6) is -0.222. The zero-order valence-electron chi connectivity index (χ0n) is 13.8. The highest BCUT2D eigenvalue weighted by atomic mass is 15.3. The fourth-order valence-corrected chi connectivity index (χ4v) is 1.13. The first kappa shape index (κ1) is 8.07. The predicted octanol–water partition coefficient (Wildman–Crippen LogP) is 2.00. The number of nitriles is 1. The van der Waals surface area contributed by atoms with Gasteiger partial charge in [0.1, 0.15) is 0 Å². The molecule has 0 radical (unpaired) electrons. The van der Waals surface area contributed by atoms with Crippen LogP contribution in [0.25, 0.3) is 0 Å². The molecule has 17 heavy (non-hydrogen) atoms. The SMILES string of the molecule is [3H]C([3H])C([3H])([3H])C(C)(C)N(C#N)C(N)=Nc1cccnc1. The molecule has 0 aliphatic carbocycles. The quantitative estimate of drug-likeness (QED) is 0.379. The van der Waals surface area contributed by atoms with Gasteiger partial charge in [0, 0.05) is 11.7 Å². The second-order valence-electron chi connectivity index (χ2n) is 3.82. The molecule has 0 spiro atoms. The molecule has 2 N–H and O–H groups in total. The van der Waals surface area contributed by atoms with Crippen LogP contribution in [-0.4, -0.2) is 21.4 Å². The monoisotopic (exact) mass is 239 g/mol. The average molecular weight is 239 g/mol. The first-order chi connectivity index (χ1) is 9.64. The number of nitrogens with two attached hydrogens (primary N) is 1. The van der Waals surface area contributed by atoms with Crippen LogP contribution in [0, 0.1) is 11.5 Å². The highest BCUT2D eigenvalue weighted by Gasteiger charge is 2.26. The second-order valence-corrected chi connectivity index (χ2v) is 3.82. The van der Waals surface area contributed by atoms with Crippen molar-refractivity contribution in [1.82, 2.24) is 9.88 Å². The zero-order valence-corrected chi connectivity index (χ0v) is 9.75. The molecule has 1 aromatic heterocycles. The maximum Gasteiger partial charge on any atom is 0.210 e. The number of pyridine rings is 1. The van der Waals surface area contributed by atoms with E-state index < -0.39 is 18.8 Å². The summed E-state index contributed by atoms with van der Waals surface area (Å²) in [6, 6.07) is 3.28. The summed E-state index contributed by atoms with van der Waals surface area (Å²) in [6.45, 7) is 1.02. The molecule has 0 saturated carbocycles. The molecule has 0 amide bonds. The van der Waals surface area contributed by atoms with Crippen LogP contribution in [0.1, 0.15) is 32.6 Å². The van der Waals surface area contributed by atoms with Gasteiger partial charge in [-0.25, -0.2) is 9.89 Å². The Labute approximate surface area is 107 Å². The lowest BCUT2D eigenvalue weighted by Crippen LogP contribution is -2.47. The van der Waals surface area contributed by atoms with Crippen LogP contribution in [0.4, 0.5) is 5.69 Å². The van der Waals surface area contributed by atoms with Gasteiger partial charge in [-0.15, -0.1) is 0 Å². The van der Waals surface area contributed by atoms with Gasteiger partial charge in [0.2, 0.25) is 5.96 Å². The van der Waals surface area contributed by atoms with E-state index in [1.165, 1.54) is 20.0 Å². The van der Waals surface area contributed by atoms with Gasteiger partial charge in [-0.1, -0.05) is 6.88 Å². The van der Waals surface area contributed by atoms with Crippen molar-refractivity contribution in [2.24, 2.45) is 10.7 Å². The molecular formula is C12H17N5. The summed E-state index contributed by atoms with van der Waals surface area (Å²) < 4.78 is 30.4. The van der Waals surface area contributed by atoms with E-state index in [1.807, 2.05) is 0 Å². The van der Waals surface area contributed by atoms with E-state index >= 15 is 0 Å². The Bertz CT molecular complexity index is 551. The van der Waals surface area contributed by atoms with Gasteiger partial charge in [-0.3, -0.25) is 4.98 Å². The molecule has 0 aromatic carbocycles. The second kappa shape index (κ2) is 5.30. The number of hydrogen-bond donors (Lipinski definition) is 1. The number of nitrogens with zero attached hydrogens (tertiary/aromatic N) is 4. The van der Waals surface area contributed by atoms with Gasteiger partial charge in [0.15, 0.2) is 6.19 Å². The standard InChI is InChI=1S/C12H17N5/c1-4-12(2,3)17(9-13)11(14)16-10-6-5-7-15-8-10/h5-8H,4H2,1-3H3,(H2,14,16)/i1T2,4T2. The zero-order chi connectivity index (χ0) is 16.3. The Morgan fingerprint density at radius 3 is 3.12 bits per heavy atom. The maximum atomic E-state index is 9.27. The van der Waals surface area contributed by atoms with Crippen LogP contribution in [0.5, 0.6) is 0 Å². The molecule has 0 unspecified atom stereocenters. The first-order valence-electron chi connectivity index (χ1n) is 7.08. The van der Waals surface area contributed by atoms with Crippen molar-refractivity contribution in [2.45, 2.75) is 32.6 Å². The van der Waals surface area contributed by atoms with Crippen LogP contribution in [0.3, 0.4) is 0 Å². The Morgan fingerprint density at radius 2 is 2.59 bits per heavy atom. The summed E-state index contributed by atoms with van der Waals surface area (Å²) in [7, 11) is 0. The van der Waals surface area contributed by atoms with E-state index in [4.69, 9.17) is 11.2 Å². The van der Waals surface area contributed by atoms with Gasteiger partial charge in [0.25, 0.3) is 0 Å². The smallest absolute Gasteiger partial charge is 0.210 e. The third-order valence-electron chi connectivity index (χ3n) is 2.13. The van der Waals surface area contributed by atoms with Crippen LogP contribution in [0.15, 0.2) is 29.5 Å². The summed E-state index contributed by atoms with van der Waals surface area (Å²) in [6.07, 6.45) is 2.49. The fourth-order valence-electron chi connectivity index (χ4n) is 1.13. The van der Waals surface area contributed by atoms with Gasteiger partial charge in [-0.05, 0) is 32.4 Å². The van der Waals surface area contributed by atoms with Crippen LogP contribution in [0.2, 0.25) is 0 Å². The summed E-state index contributed by atoms with van der Waals surface area (Å²) in [5, 5.41) is 9.27. The molecule has 1 aromatic rings. The van der Waals surface area contributed by atoms with Crippen molar-refractivity contribution in [2.75, 3.05) is 0 Å². The van der Waals surface area contributed by atoms with E-state index in [2.05, 4.69) is 9.98 Å². The van der Waals surface area contributed by atoms with Gasteiger partial charge < -0.3 is 5.73 Å². The number of rotatable bonds is 3. The third kappa shape index (κ3) is 3.18. The van der Waals surface area contributed by atoms with Crippen molar-refractivity contribution < 1.29 is 5.48 Å². The van der Waals surface area contributed by atoms with Crippen LogP contribution in [-0.2, 0) is 0 Å². The van der Waals surface area contributed by atoms with E-state index in [0.29, 0.717) is 5.69 Å². The van der Waals surface area contributed by atoms with E-state index in [0.717, 1.165) is 4.90 Å². The number of hydrogen-bond acceptors (Lipinski definition) is 3. The van der Waals surface area contributed by atoms with E-state index in [1.54, 1.807) is 24.5 Å². The van der Waals surface area contributed by atoms with Gasteiger partial charge >= 0.3 is 0 Å². The Hall–Kier alpha value is -2.09. The normalized spacial score (nSPS) is 16.5. The topological polar surface area (TPSA) is 78.3 Å². The van der Waals surface area contributed by atoms with Gasteiger partial charge in [0.05, 0.1) is 17.4 Å². The number of aromatic nitrogens is 1. The molecule has 5 nitrogen and oxygen atoms in total. The molecule has 0 aliphatic rings. The predicted molar refractivity (Wildman–Crippen MR) is 67.3 cm³/mol. The molecule has 0 fully saturated rings. The van der Waals surface area contributed by atoms with Crippen molar-refractivity contribution in [1.29, 1.82) is 5.26 Å². The molecule has 0 saturated heterocycles. The molecule has 0 aliphatic heterocycles. The molecular weight excluding hydrogens is 214 g/mol. The molecule has 0 bridgehead atoms. The van der Waals surface area contributed by atoms with Crippen molar-refractivity contribution in [3.63, 3.8) is 0 Å². The fraction of sp³-hybridized carbons (Fsp3) is 0.417. The number of guanidine groups is 1. The highest BCUT2D eigenvalue weighted by molar-refractivity contribution is 5.83. The van der Waals surface area contributed by atoms with Gasteiger partial charge in [-0.2, -0.15) is 5.26 Å². The summed E-state index contributed by atoms with van der Waals surface area (Å²) in [5.41, 5.74) is 4.69. The summed E-state index contributed by atoms with van der Waals surface area (Å²) >= 11 is 0. The minimum Gasteiger partial charge on any atom is -0.369 e. The van der Waals surface area contributed by atoms with Crippen molar-refractivity contribution in [3.8, 4) is 6.19 Å². The first-order valence-corrected chi connectivity index (χ1v) is 4.93. The van der Waals surface area contributed by atoms with Crippen LogP contribution < -0.4 is 5.73 Å². The molecule has 90 valence electrons. The van der Waals surface area contributed by atoms with E-state index in [-0.39, 0.29) is 5.96 Å². The Morgan fingerprint density at radius 1 is 1.82 bits per heavy atom. The molecule has 5 heteroatoms. The Balaban J connectivity index is 3.19.